The first-order valence-electron chi connectivity index (χ1n) is 7.00. The van der Waals surface area contributed by atoms with Crippen molar-refractivity contribution in [2.45, 2.75) is 27.7 Å². The molecule has 0 spiro atoms. The zero-order valence-corrected chi connectivity index (χ0v) is 13.8. The topological polar surface area (TPSA) is 103 Å². The molecule has 0 saturated carbocycles. The van der Waals surface area contributed by atoms with E-state index in [1.807, 2.05) is 33.0 Å². The molecule has 7 heteroatoms. The zero-order valence-electron chi connectivity index (χ0n) is 13.8. The molecule has 0 bridgehead atoms. The summed E-state index contributed by atoms with van der Waals surface area (Å²) in [6, 6.07) is 4.00. The number of hydrogen-bond donors (Lipinski definition) is 1. The van der Waals surface area contributed by atoms with Gasteiger partial charge < -0.3 is 5.11 Å². The van der Waals surface area contributed by atoms with Gasteiger partial charge in [-0.3, -0.25) is 9.36 Å². The van der Waals surface area contributed by atoms with Crippen LogP contribution in [0.3, 0.4) is 0 Å². The largest absolute Gasteiger partial charge is 0.396 e. The van der Waals surface area contributed by atoms with Crippen molar-refractivity contribution in [2.75, 3.05) is 6.61 Å². The van der Waals surface area contributed by atoms with Crippen molar-refractivity contribution in [1.82, 2.24) is 19.6 Å². The predicted octanol–water partition coefficient (Wildman–Crippen LogP) is 2.01. The Morgan fingerprint density at radius 3 is 2.00 bits per heavy atom. The lowest BCUT2D eigenvalue weighted by Gasteiger charge is -1.96. The minimum absolute atomic E-state index is 0. The van der Waals surface area contributed by atoms with E-state index in [1.165, 1.54) is 0 Å². The maximum atomic E-state index is 8.73. The van der Waals surface area contributed by atoms with E-state index in [9.17, 15) is 0 Å². The summed E-state index contributed by atoms with van der Waals surface area (Å²) in [5.41, 5.74) is 4.46. The fourth-order valence-electron chi connectivity index (χ4n) is 2.10. The number of aromatic nitrogens is 4. The van der Waals surface area contributed by atoms with Crippen LogP contribution >= 0.6 is 0 Å². The molecule has 2 rings (SSSR count). The van der Waals surface area contributed by atoms with Crippen molar-refractivity contribution in [1.29, 1.82) is 10.5 Å². The molecule has 2 aromatic heterocycles. The molecule has 0 aliphatic rings. The van der Waals surface area contributed by atoms with Crippen molar-refractivity contribution >= 4 is 6.08 Å². The first-order chi connectivity index (χ1) is 10.9. The molecule has 128 valence electrons. The molecule has 0 saturated heterocycles. The van der Waals surface area contributed by atoms with Gasteiger partial charge in [0.15, 0.2) is 11.4 Å². The van der Waals surface area contributed by atoms with Gasteiger partial charge in [-0.05, 0) is 13.8 Å². The molecule has 0 aromatic carbocycles. The Kier molecular flexibility index (Phi) is 8.16. The smallest absolute Gasteiger partial charge is 0.169 e. The van der Waals surface area contributed by atoms with E-state index in [-0.39, 0.29) is 14.0 Å². The molecular formula is C17H24N6O. The Morgan fingerprint density at radius 2 is 1.58 bits per heavy atom. The van der Waals surface area contributed by atoms with Crippen LogP contribution in [0.15, 0.2) is 6.58 Å². The van der Waals surface area contributed by atoms with Gasteiger partial charge in [0, 0.05) is 49.6 Å². The Bertz CT molecular complexity index is 786. The summed E-state index contributed by atoms with van der Waals surface area (Å²) in [6.07, 6.45) is 2.16. The van der Waals surface area contributed by atoms with Crippen LogP contribution < -0.4 is 0 Å². The summed E-state index contributed by atoms with van der Waals surface area (Å²) < 4.78 is 3.33. The summed E-state index contributed by atoms with van der Waals surface area (Å²) in [4.78, 5) is 0. The fourth-order valence-corrected chi connectivity index (χ4v) is 2.10. The van der Waals surface area contributed by atoms with Gasteiger partial charge in [0.05, 0.1) is 0 Å². The number of rotatable bonds is 3. The molecular weight excluding hydrogens is 304 g/mol. The summed E-state index contributed by atoms with van der Waals surface area (Å²) in [6.45, 7) is 7.46. The number of aryl methyl sites for hydroxylation is 2. The second-order valence-electron chi connectivity index (χ2n) is 4.91. The van der Waals surface area contributed by atoms with Crippen LogP contribution in [0.25, 0.3) is 6.08 Å². The number of aliphatic hydroxyl groups excluding tert-OH is 1. The summed E-state index contributed by atoms with van der Waals surface area (Å²) in [7, 11) is 3.60. The van der Waals surface area contributed by atoms with Gasteiger partial charge in [0.1, 0.15) is 12.1 Å². The van der Waals surface area contributed by atoms with Gasteiger partial charge in [-0.1, -0.05) is 20.1 Å². The third-order valence-corrected chi connectivity index (χ3v) is 3.62. The highest BCUT2D eigenvalue weighted by Crippen LogP contribution is 2.12. The summed E-state index contributed by atoms with van der Waals surface area (Å²) >= 11 is 0. The Balaban J connectivity index is 0.000000425. The van der Waals surface area contributed by atoms with Crippen LogP contribution in [-0.2, 0) is 20.5 Å². The molecule has 24 heavy (non-hydrogen) atoms. The molecule has 0 unspecified atom stereocenters. The van der Waals surface area contributed by atoms with Crippen LogP contribution in [0, 0.1) is 36.5 Å². The molecule has 2 aromatic rings. The zero-order chi connectivity index (χ0) is 17.6. The number of aliphatic hydroxyl groups is 1. The van der Waals surface area contributed by atoms with E-state index in [1.54, 1.807) is 22.5 Å². The number of hydrogen-bond acceptors (Lipinski definition) is 5. The molecule has 1 N–H and O–H groups in total. The second kappa shape index (κ2) is 9.29. The van der Waals surface area contributed by atoms with Crippen molar-refractivity contribution in [3.8, 4) is 12.1 Å². The lowest BCUT2D eigenvalue weighted by Crippen LogP contribution is -1.96. The van der Waals surface area contributed by atoms with Crippen molar-refractivity contribution in [3.63, 3.8) is 0 Å². The van der Waals surface area contributed by atoms with E-state index >= 15 is 0 Å². The average molecular weight is 328 g/mol. The fraction of sp³-hybridized carbons (Fsp3) is 0.412. The molecule has 0 aliphatic carbocycles. The first kappa shape index (κ1) is 21.1. The SMILES string of the molecule is C.C=Cc1c(C#N)nn(C)c1C.Cc1c(CCO)c(C#N)nn1C. The number of nitriles is 2. The Morgan fingerprint density at radius 1 is 1.08 bits per heavy atom. The van der Waals surface area contributed by atoms with E-state index in [4.69, 9.17) is 15.6 Å². The van der Waals surface area contributed by atoms with Crippen LogP contribution in [-0.4, -0.2) is 31.3 Å². The van der Waals surface area contributed by atoms with Crippen LogP contribution in [0.1, 0.15) is 41.3 Å². The molecule has 0 atom stereocenters. The molecule has 0 amide bonds. The highest BCUT2D eigenvalue weighted by molar-refractivity contribution is 5.56. The van der Waals surface area contributed by atoms with Crippen LogP contribution in [0.4, 0.5) is 0 Å². The number of nitrogens with zero attached hydrogens (tertiary/aromatic N) is 6. The first-order valence-corrected chi connectivity index (χ1v) is 7.00. The molecule has 2 heterocycles. The Labute approximate surface area is 143 Å². The molecule has 0 radical (unpaired) electrons. The minimum Gasteiger partial charge on any atom is -0.396 e. The van der Waals surface area contributed by atoms with Gasteiger partial charge in [-0.15, -0.1) is 0 Å². The lowest BCUT2D eigenvalue weighted by atomic mass is 10.1. The van der Waals surface area contributed by atoms with E-state index in [0.29, 0.717) is 17.8 Å². The van der Waals surface area contributed by atoms with Gasteiger partial charge >= 0.3 is 0 Å². The highest BCUT2D eigenvalue weighted by atomic mass is 16.3. The van der Waals surface area contributed by atoms with Gasteiger partial charge in [0.25, 0.3) is 0 Å². The standard InChI is InChI=1S/C8H11N3O.C8H9N3.CH4/c1-6-7(3-4-12)8(5-9)10-11(6)2;1-4-7-6(2)11(3)10-8(7)5-9;/h12H,3-4H2,1-2H3;4H,1H2,2-3H3;1H4. The van der Waals surface area contributed by atoms with Gasteiger partial charge in [0.2, 0.25) is 0 Å². The van der Waals surface area contributed by atoms with Crippen molar-refractivity contribution in [3.05, 3.63) is 40.5 Å². The maximum Gasteiger partial charge on any atom is 0.169 e. The second-order valence-corrected chi connectivity index (χ2v) is 4.91. The monoisotopic (exact) mass is 328 g/mol. The van der Waals surface area contributed by atoms with E-state index in [2.05, 4.69) is 16.8 Å². The Hall–Kier alpha value is -2.90. The third-order valence-electron chi connectivity index (χ3n) is 3.62. The summed E-state index contributed by atoms with van der Waals surface area (Å²) in [5, 5.41) is 34.0. The van der Waals surface area contributed by atoms with Crippen LogP contribution in [0.2, 0.25) is 0 Å². The molecule has 0 aliphatic heterocycles. The average Bonchev–Trinajstić information content (AvgIpc) is 2.98. The van der Waals surface area contributed by atoms with E-state index in [0.717, 1.165) is 22.5 Å². The van der Waals surface area contributed by atoms with Crippen molar-refractivity contribution < 1.29 is 5.11 Å². The predicted molar refractivity (Wildman–Crippen MR) is 92.9 cm³/mol. The normalized spacial score (nSPS) is 9.12. The van der Waals surface area contributed by atoms with Crippen LogP contribution in [0.5, 0.6) is 0 Å². The highest BCUT2D eigenvalue weighted by Gasteiger charge is 2.11. The molecule has 7 nitrogen and oxygen atoms in total. The third kappa shape index (κ3) is 4.31. The summed E-state index contributed by atoms with van der Waals surface area (Å²) in [5.74, 6) is 0. The van der Waals surface area contributed by atoms with E-state index < -0.39 is 0 Å². The van der Waals surface area contributed by atoms with Gasteiger partial charge in [-0.2, -0.15) is 20.7 Å². The molecule has 0 fully saturated rings. The maximum absolute atomic E-state index is 8.73. The minimum atomic E-state index is 0. The lowest BCUT2D eigenvalue weighted by molar-refractivity contribution is 0.299. The van der Waals surface area contributed by atoms with Gasteiger partial charge in [-0.25, -0.2) is 0 Å². The van der Waals surface area contributed by atoms with Crippen molar-refractivity contribution in [2.24, 2.45) is 14.1 Å². The quantitative estimate of drug-likeness (QED) is 0.928.